The van der Waals surface area contributed by atoms with E-state index in [2.05, 4.69) is 20.8 Å². The van der Waals surface area contributed by atoms with Gasteiger partial charge in [-0.2, -0.15) is 4.31 Å². The van der Waals surface area contributed by atoms with Crippen LogP contribution in [0.4, 0.5) is 0 Å². The lowest BCUT2D eigenvalue weighted by molar-refractivity contribution is 0.163. The van der Waals surface area contributed by atoms with Crippen molar-refractivity contribution in [2.45, 2.75) is 10.9 Å². The van der Waals surface area contributed by atoms with Crippen LogP contribution in [0.15, 0.2) is 27.6 Å². The lowest BCUT2D eigenvalue weighted by Crippen LogP contribution is -2.56. The van der Waals surface area contributed by atoms with E-state index in [4.69, 9.17) is 10.5 Å². The predicted molar refractivity (Wildman–Crippen MR) is 84.9 cm³/mol. The molecular weight excluding hydrogens is 358 g/mol. The zero-order valence-corrected chi connectivity index (χ0v) is 14.5. The molecule has 8 heteroatoms. The molecule has 0 bridgehead atoms. The molecule has 1 aromatic rings. The van der Waals surface area contributed by atoms with Gasteiger partial charge in [-0.25, -0.2) is 8.42 Å². The molecule has 0 saturated carbocycles. The summed E-state index contributed by atoms with van der Waals surface area (Å²) in [5, 5.41) is 0. The SMILES string of the molecule is COc1ccc(Br)cc1S(=O)(=O)N1CCN(C)CC1CN. The molecule has 1 heterocycles. The first-order valence-electron chi connectivity index (χ1n) is 6.64. The minimum absolute atomic E-state index is 0.169. The molecule has 2 N–H and O–H groups in total. The summed E-state index contributed by atoms with van der Waals surface area (Å²) in [4.78, 5) is 2.25. The Morgan fingerprint density at radius 2 is 2.14 bits per heavy atom. The number of methoxy groups -OCH3 is 1. The molecular formula is C13H20BrN3O3S. The van der Waals surface area contributed by atoms with Crippen molar-refractivity contribution in [3.05, 3.63) is 22.7 Å². The molecule has 1 aliphatic heterocycles. The van der Waals surface area contributed by atoms with E-state index in [1.165, 1.54) is 11.4 Å². The van der Waals surface area contributed by atoms with Gasteiger partial charge < -0.3 is 15.4 Å². The smallest absolute Gasteiger partial charge is 0.247 e. The highest BCUT2D eigenvalue weighted by Crippen LogP contribution is 2.31. The largest absolute Gasteiger partial charge is 0.495 e. The van der Waals surface area contributed by atoms with Gasteiger partial charge in [-0.3, -0.25) is 0 Å². The van der Waals surface area contributed by atoms with Crippen molar-refractivity contribution < 1.29 is 13.2 Å². The zero-order chi connectivity index (χ0) is 15.6. The van der Waals surface area contributed by atoms with Gasteiger partial charge in [0.1, 0.15) is 10.6 Å². The number of likely N-dealkylation sites (N-methyl/N-ethyl adjacent to an activating group) is 1. The molecule has 1 unspecified atom stereocenters. The Kier molecular flexibility index (Phi) is 5.26. The number of ether oxygens (including phenoxy) is 1. The fourth-order valence-corrected chi connectivity index (χ4v) is 4.79. The van der Waals surface area contributed by atoms with Gasteiger partial charge >= 0.3 is 0 Å². The summed E-state index contributed by atoms with van der Waals surface area (Å²) < 4.78 is 33.3. The minimum Gasteiger partial charge on any atom is -0.495 e. The highest BCUT2D eigenvalue weighted by atomic mass is 79.9. The highest BCUT2D eigenvalue weighted by molar-refractivity contribution is 9.10. The second kappa shape index (κ2) is 6.62. The number of halogens is 1. The second-order valence-electron chi connectivity index (χ2n) is 5.06. The predicted octanol–water partition coefficient (Wildman–Crippen LogP) is 0.721. The molecule has 21 heavy (non-hydrogen) atoms. The third-order valence-corrected chi connectivity index (χ3v) is 6.08. The number of benzene rings is 1. The monoisotopic (exact) mass is 377 g/mol. The van der Waals surface area contributed by atoms with Crippen molar-refractivity contribution in [2.24, 2.45) is 5.73 Å². The Bertz CT molecular complexity index is 609. The first-order chi connectivity index (χ1) is 9.90. The number of nitrogens with zero attached hydrogens (tertiary/aromatic N) is 2. The first-order valence-corrected chi connectivity index (χ1v) is 8.87. The molecule has 2 rings (SSSR count). The van der Waals surface area contributed by atoms with Crippen LogP contribution >= 0.6 is 15.9 Å². The maximum atomic E-state index is 12.9. The van der Waals surface area contributed by atoms with Crippen molar-refractivity contribution in [1.82, 2.24) is 9.21 Å². The minimum atomic E-state index is -3.64. The third-order valence-electron chi connectivity index (χ3n) is 3.62. The van der Waals surface area contributed by atoms with Gasteiger partial charge in [0.05, 0.1) is 13.2 Å². The van der Waals surface area contributed by atoms with E-state index in [0.29, 0.717) is 36.4 Å². The van der Waals surface area contributed by atoms with Crippen molar-refractivity contribution in [3.63, 3.8) is 0 Å². The van der Waals surface area contributed by atoms with Crippen LogP contribution in [0, 0.1) is 0 Å². The van der Waals surface area contributed by atoms with Crippen LogP contribution in [0.2, 0.25) is 0 Å². The van der Waals surface area contributed by atoms with Gasteiger partial charge in [-0.05, 0) is 25.2 Å². The lowest BCUT2D eigenvalue weighted by Gasteiger charge is -2.38. The summed E-state index contributed by atoms with van der Waals surface area (Å²) in [6, 6.07) is 4.74. The zero-order valence-electron chi connectivity index (χ0n) is 12.1. The Labute approximate surface area is 134 Å². The molecule has 0 radical (unpaired) electrons. The molecule has 0 aromatic heterocycles. The fourth-order valence-electron chi connectivity index (χ4n) is 2.48. The molecule has 1 saturated heterocycles. The molecule has 1 atom stereocenters. The van der Waals surface area contributed by atoms with Gasteiger partial charge in [0.25, 0.3) is 0 Å². The van der Waals surface area contributed by atoms with E-state index < -0.39 is 10.0 Å². The maximum absolute atomic E-state index is 12.9. The van der Waals surface area contributed by atoms with E-state index in [1.54, 1.807) is 18.2 Å². The van der Waals surface area contributed by atoms with Crippen LogP contribution in [-0.4, -0.2) is 64.0 Å². The number of nitrogens with two attached hydrogens (primary N) is 1. The number of sulfonamides is 1. The molecule has 0 amide bonds. The van der Waals surface area contributed by atoms with Gasteiger partial charge in [-0.15, -0.1) is 0 Å². The number of rotatable bonds is 4. The number of hydrogen-bond acceptors (Lipinski definition) is 5. The Morgan fingerprint density at radius 1 is 1.43 bits per heavy atom. The van der Waals surface area contributed by atoms with Crippen molar-refractivity contribution in [3.8, 4) is 5.75 Å². The molecule has 1 aliphatic rings. The average Bonchev–Trinajstić information content (AvgIpc) is 2.46. The van der Waals surface area contributed by atoms with Crippen LogP contribution in [0.25, 0.3) is 0 Å². The Morgan fingerprint density at radius 3 is 2.76 bits per heavy atom. The second-order valence-corrected chi connectivity index (χ2v) is 7.84. The fraction of sp³-hybridized carbons (Fsp3) is 0.538. The highest BCUT2D eigenvalue weighted by Gasteiger charge is 2.36. The normalized spacial score (nSPS) is 21.4. The van der Waals surface area contributed by atoms with Crippen LogP contribution in [0.5, 0.6) is 5.75 Å². The van der Waals surface area contributed by atoms with Crippen LogP contribution in [-0.2, 0) is 10.0 Å². The number of piperazine rings is 1. The summed E-state index contributed by atoms with van der Waals surface area (Å²) in [6.07, 6.45) is 0. The molecule has 118 valence electrons. The van der Waals surface area contributed by atoms with Crippen LogP contribution in [0.1, 0.15) is 0 Å². The van der Waals surface area contributed by atoms with Crippen molar-refractivity contribution >= 4 is 26.0 Å². The standard InChI is InChI=1S/C13H20BrN3O3S/c1-16-5-6-17(11(8-15)9-16)21(18,19)13-7-10(14)3-4-12(13)20-2/h3-4,7,11H,5-6,8-9,15H2,1-2H3. The van der Waals surface area contributed by atoms with E-state index in [1.807, 2.05) is 7.05 Å². The average molecular weight is 378 g/mol. The molecule has 1 aromatic carbocycles. The summed E-state index contributed by atoms with van der Waals surface area (Å²) >= 11 is 3.31. The van der Waals surface area contributed by atoms with Gasteiger partial charge in [0, 0.05) is 30.7 Å². The topological polar surface area (TPSA) is 75.9 Å². The molecule has 6 nitrogen and oxygen atoms in total. The Balaban J connectivity index is 2.44. The molecule has 0 aliphatic carbocycles. The van der Waals surface area contributed by atoms with E-state index in [9.17, 15) is 8.42 Å². The van der Waals surface area contributed by atoms with Crippen LogP contribution < -0.4 is 10.5 Å². The van der Waals surface area contributed by atoms with Crippen molar-refractivity contribution in [2.75, 3.05) is 40.3 Å². The quantitative estimate of drug-likeness (QED) is 0.836. The van der Waals surface area contributed by atoms with Gasteiger partial charge in [0.2, 0.25) is 10.0 Å². The molecule has 0 spiro atoms. The third kappa shape index (κ3) is 3.40. The van der Waals surface area contributed by atoms with Gasteiger partial charge in [-0.1, -0.05) is 15.9 Å². The van der Waals surface area contributed by atoms with E-state index in [-0.39, 0.29) is 10.9 Å². The van der Waals surface area contributed by atoms with Crippen molar-refractivity contribution in [1.29, 1.82) is 0 Å². The van der Waals surface area contributed by atoms with Crippen LogP contribution in [0.3, 0.4) is 0 Å². The lowest BCUT2D eigenvalue weighted by atomic mass is 10.2. The number of hydrogen-bond donors (Lipinski definition) is 1. The first kappa shape index (κ1) is 16.7. The molecule has 1 fully saturated rings. The summed E-state index contributed by atoms with van der Waals surface area (Å²) in [5.74, 6) is 0.341. The van der Waals surface area contributed by atoms with Gasteiger partial charge in [0.15, 0.2) is 0 Å². The summed E-state index contributed by atoms with van der Waals surface area (Å²) in [7, 11) is -0.211. The summed E-state index contributed by atoms with van der Waals surface area (Å²) in [6.45, 7) is 2.04. The maximum Gasteiger partial charge on any atom is 0.247 e. The van der Waals surface area contributed by atoms with E-state index in [0.717, 1.165) is 0 Å². The Hall–Kier alpha value is -0.670. The van der Waals surface area contributed by atoms with E-state index >= 15 is 0 Å². The summed E-state index contributed by atoms with van der Waals surface area (Å²) in [5.41, 5.74) is 5.76.